The van der Waals surface area contributed by atoms with Gasteiger partial charge in [0.05, 0.1) is 5.56 Å². The summed E-state index contributed by atoms with van der Waals surface area (Å²) in [6.45, 7) is 2.08. The summed E-state index contributed by atoms with van der Waals surface area (Å²) in [4.78, 5) is 13.9. The molecule has 0 spiro atoms. The van der Waals surface area contributed by atoms with E-state index in [9.17, 15) is 9.18 Å². The summed E-state index contributed by atoms with van der Waals surface area (Å²) in [7, 11) is 1.68. The van der Waals surface area contributed by atoms with Gasteiger partial charge in [0.2, 0.25) is 0 Å². The van der Waals surface area contributed by atoms with E-state index in [-0.39, 0.29) is 5.91 Å². The molecule has 0 saturated heterocycles. The predicted octanol–water partition coefficient (Wildman–Crippen LogP) is 4.43. The lowest BCUT2D eigenvalue weighted by Crippen LogP contribution is -2.26. The van der Waals surface area contributed by atoms with E-state index >= 15 is 0 Å². The Kier molecular flexibility index (Phi) is 4.55. The molecule has 0 fully saturated rings. The molecule has 20 heavy (non-hydrogen) atoms. The molecule has 2 aromatic rings. The fraction of sp³-hybridized carbons (Fsp3) is 0.188. The summed E-state index contributed by atoms with van der Waals surface area (Å²) in [6.07, 6.45) is 0.952. The van der Waals surface area contributed by atoms with Crippen molar-refractivity contribution in [3.05, 3.63) is 63.9 Å². The van der Waals surface area contributed by atoms with Gasteiger partial charge in [0.1, 0.15) is 5.82 Å². The summed E-state index contributed by atoms with van der Waals surface area (Å²) in [5.41, 5.74) is 2.30. The van der Waals surface area contributed by atoms with Gasteiger partial charge >= 0.3 is 0 Å². The quantitative estimate of drug-likeness (QED) is 0.812. The van der Waals surface area contributed by atoms with E-state index in [2.05, 4.69) is 22.9 Å². The van der Waals surface area contributed by atoms with Crippen molar-refractivity contribution in [2.24, 2.45) is 0 Å². The van der Waals surface area contributed by atoms with Crippen LogP contribution in [0.5, 0.6) is 0 Å². The first-order chi connectivity index (χ1) is 9.52. The maximum absolute atomic E-state index is 13.3. The Labute approximate surface area is 126 Å². The topological polar surface area (TPSA) is 20.3 Å². The molecule has 104 valence electrons. The van der Waals surface area contributed by atoms with Crippen molar-refractivity contribution in [1.82, 2.24) is 0 Å². The van der Waals surface area contributed by atoms with Crippen molar-refractivity contribution in [3.63, 3.8) is 0 Å². The van der Waals surface area contributed by atoms with Gasteiger partial charge in [0, 0.05) is 17.2 Å². The Morgan fingerprint density at radius 3 is 2.45 bits per heavy atom. The fourth-order valence-corrected chi connectivity index (χ4v) is 2.33. The highest BCUT2D eigenvalue weighted by atomic mass is 79.9. The number of amides is 1. The smallest absolute Gasteiger partial charge is 0.259 e. The van der Waals surface area contributed by atoms with Gasteiger partial charge in [0.15, 0.2) is 0 Å². The van der Waals surface area contributed by atoms with E-state index in [1.807, 2.05) is 24.3 Å². The molecule has 0 N–H and O–H groups in total. The standard InChI is InChI=1S/C16H15BrFNO/c1-3-11-4-7-13(8-5-11)19(2)16(20)14-10-12(18)6-9-15(14)17/h4-10H,3H2,1-2H3. The third-order valence-electron chi connectivity index (χ3n) is 3.20. The zero-order chi connectivity index (χ0) is 14.7. The zero-order valence-electron chi connectivity index (χ0n) is 11.4. The minimum Gasteiger partial charge on any atom is -0.311 e. The summed E-state index contributed by atoms with van der Waals surface area (Å²) >= 11 is 3.28. The van der Waals surface area contributed by atoms with E-state index in [0.717, 1.165) is 12.1 Å². The SMILES string of the molecule is CCc1ccc(N(C)C(=O)c2cc(F)ccc2Br)cc1. The van der Waals surface area contributed by atoms with E-state index in [1.54, 1.807) is 7.05 Å². The monoisotopic (exact) mass is 335 g/mol. The Morgan fingerprint density at radius 1 is 1.20 bits per heavy atom. The molecule has 0 aromatic heterocycles. The lowest BCUT2D eigenvalue weighted by Gasteiger charge is -2.18. The third-order valence-corrected chi connectivity index (χ3v) is 3.89. The molecule has 0 radical (unpaired) electrons. The van der Waals surface area contributed by atoms with Crippen molar-refractivity contribution in [1.29, 1.82) is 0 Å². The molecule has 4 heteroatoms. The van der Waals surface area contributed by atoms with Crippen molar-refractivity contribution in [2.45, 2.75) is 13.3 Å². The number of aryl methyl sites for hydroxylation is 1. The molecule has 1 amide bonds. The lowest BCUT2D eigenvalue weighted by atomic mass is 10.1. The first kappa shape index (κ1) is 14.7. The molecule has 2 aromatic carbocycles. The second-order valence-corrected chi connectivity index (χ2v) is 5.36. The number of rotatable bonds is 3. The maximum atomic E-state index is 13.3. The highest BCUT2D eigenvalue weighted by molar-refractivity contribution is 9.10. The van der Waals surface area contributed by atoms with Crippen molar-refractivity contribution >= 4 is 27.5 Å². The molecule has 0 aliphatic carbocycles. The van der Waals surface area contributed by atoms with Crippen molar-refractivity contribution in [2.75, 3.05) is 11.9 Å². The molecule has 0 atom stereocenters. The van der Waals surface area contributed by atoms with Gasteiger partial charge in [-0.1, -0.05) is 19.1 Å². The second-order valence-electron chi connectivity index (χ2n) is 4.51. The molecule has 2 nitrogen and oxygen atoms in total. The van der Waals surface area contributed by atoms with Crippen LogP contribution >= 0.6 is 15.9 Å². The van der Waals surface area contributed by atoms with Crippen LogP contribution in [0.3, 0.4) is 0 Å². The largest absolute Gasteiger partial charge is 0.311 e. The van der Waals surface area contributed by atoms with Gasteiger partial charge in [-0.2, -0.15) is 0 Å². The van der Waals surface area contributed by atoms with Crippen LogP contribution in [0.2, 0.25) is 0 Å². The van der Waals surface area contributed by atoms with Gasteiger partial charge in [-0.15, -0.1) is 0 Å². The Morgan fingerprint density at radius 2 is 1.85 bits per heavy atom. The average Bonchev–Trinajstić information content (AvgIpc) is 2.48. The molecule has 0 aliphatic rings. The molecular weight excluding hydrogens is 321 g/mol. The second kappa shape index (κ2) is 6.18. The van der Waals surface area contributed by atoms with Crippen LogP contribution in [0.1, 0.15) is 22.8 Å². The highest BCUT2D eigenvalue weighted by Gasteiger charge is 2.17. The minimum atomic E-state index is -0.425. The number of carbonyl (C=O) groups excluding carboxylic acids is 1. The van der Waals surface area contributed by atoms with Crippen LogP contribution in [0.4, 0.5) is 10.1 Å². The number of carbonyl (C=O) groups is 1. The molecule has 2 rings (SSSR count). The number of benzene rings is 2. The van der Waals surface area contributed by atoms with Crippen LogP contribution in [0.25, 0.3) is 0 Å². The van der Waals surface area contributed by atoms with E-state index < -0.39 is 5.82 Å². The third kappa shape index (κ3) is 3.07. The Hall–Kier alpha value is -1.68. The fourth-order valence-electron chi connectivity index (χ4n) is 1.91. The molecular formula is C16H15BrFNO. The van der Waals surface area contributed by atoms with Crippen LogP contribution in [-0.4, -0.2) is 13.0 Å². The lowest BCUT2D eigenvalue weighted by molar-refractivity contribution is 0.0992. The normalized spacial score (nSPS) is 10.4. The number of hydrogen-bond acceptors (Lipinski definition) is 1. The van der Waals surface area contributed by atoms with Crippen molar-refractivity contribution in [3.8, 4) is 0 Å². The number of nitrogens with zero attached hydrogens (tertiary/aromatic N) is 1. The van der Waals surface area contributed by atoms with Gasteiger partial charge in [0.25, 0.3) is 5.91 Å². The summed E-state index contributed by atoms with van der Waals surface area (Å²) in [6, 6.07) is 11.9. The van der Waals surface area contributed by atoms with Crippen LogP contribution < -0.4 is 4.90 Å². The van der Waals surface area contributed by atoms with Gasteiger partial charge in [-0.3, -0.25) is 4.79 Å². The minimum absolute atomic E-state index is 0.249. The molecule has 0 unspecified atom stereocenters. The first-order valence-electron chi connectivity index (χ1n) is 6.35. The zero-order valence-corrected chi connectivity index (χ0v) is 12.9. The summed E-state index contributed by atoms with van der Waals surface area (Å²) in [5, 5.41) is 0. The highest BCUT2D eigenvalue weighted by Crippen LogP contribution is 2.22. The molecule has 0 bridgehead atoms. The van der Waals surface area contributed by atoms with E-state index in [4.69, 9.17) is 0 Å². The number of hydrogen-bond donors (Lipinski definition) is 0. The van der Waals surface area contributed by atoms with E-state index in [1.165, 1.54) is 28.7 Å². The Bertz CT molecular complexity index is 625. The summed E-state index contributed by atoms with van der Waals surface area (Å²) in [5.74, 6) is -0.674. The summed E-state index contributed by atoms with van der Waals surface area (Å²) < 4.78 is 13.9. The van der Waals surface area contributed by atoms with Crippen molar-refractivity contribution < 1.29 is 9.18 Å². The Balaban J connectivity index is 2.29. The maximum Gasteiger partial charge on any atom is 0.259 e. The van der Waals surface area contributed by atoms with Gasteiger partial charge in [-0.25, -0.2) is 4.39 Å². The molecule has 0 saturated carbocycles. The molecule has 0 aliphatic heterocycles. The molecule has 0 heterocycles. The van der Waals surface area contributed by atoms with E-state index in [0.29, 0.717) is 10.0 Å². The van der Waals surface area contributed by atoms with Gasteiger partial charge in [-0.05, 0) is 58.2 Å². The van der Waals surface area contributed by atoms with Crippen LogP contribution in [0.15, 0.2) is 46.9 Å². The number of anilines is 1. The number of halogens is 2. The van der Waals surface area contributed by atoms with Gasteiger partial charge < -0.3 is 4.90 Å². The first-order valence-corrected chi connectivity index (χ1v) is 7.14. The predicted molar refractivity (Wildman–Crippen MR) is 82.7 cm³/mol. The van der Waals surface area contributed by atoms with Crippen LogP contribution in [-0.2, 0) is 6.42 Å². The van der Waals surface area contributed by atoms with Crippen LogP contribution in [0, 0.1) is 5.82 Å². The average molecular weight is 336 g/mol.